The van der Waals surface area contributed by atoms with Crippen LogP contribution in [-0.4, -0.2) is 55.2 Å². The monoisotopic (exact) mass is 435 g/mol. The number of anilines is 1. The van der Waals surface area contributed by atoms with Gasteiger partial charge in [0.05, 0.1) is 10.6 Å². The van der Waals surface area contributed by atoms with Crippen LogP contribution in [0, 0.1) is 11.6 Å². The topological polar surface area (TPSA) is 78.0 Å². The summed E-state index contributed by atoms with van der Waals surface area (Å²) in [7, 11) is -3.98. The van der Waals surface area contributed by atoms with E-state index in [1.807, 2.05) is 0 Å². The highest BCUT2D eigenvalue weighted by atomic mass is 32.2. The van der Waals surface area contributed by atoms with E-state index < -0.39 is 27.7 Å². The number of carbonyl (C=O) groups excluding carboxylic acids is 2. The van der Waals surface area contributed by atoms with Gasteiger partial charge in [-0.2, -0.15) is 4.31 Å². The molecule has 2 saturated heterocycles. The van der Waals surface area contributed by atoms with Crippen molar-refractivity contribution in [2.75, 3.05) is 24.5 Å². The lowest BCUT2D eigenvalue weighted by molar-refractivity contribution is -0.116. The molecule has 2 aromatic carbocycles. The number of rotatable bonds is 4. The molecule has 0 spiro atoms. The van der Waals surface area contributed by atoms with Gasteiger partial charge in [0.15, 0.2) is 11.6 Å². The largest absolute Gasteiger partial charge is 0.332 e. The second-order valence-corrected chi connectivity index (χ2v) is 9.12. The van der Waals surface area contributed by atoms with Gasteiger partial charge in [-0.3, -0.25) is 4.79 Å². The molecule has 0 saturated carbocycles. The Balaban J connectivity index is 1.45. The fourth-order valence-corrected chi connectivity index (χ4v) is 5.30. The Labute approximate surface area is 172 Å². The molecule has 4 rings (SSSR count). The second-order valence-electron chi connectivity index (χ2n) is 7.19. The fourth-order valence-electron chi connectivity index (χ4n) is 3.82. The van der Waals surface area contributed by atoms with Gasteiger partial charge in [0.1, 0.15) is 6.54 Å². The minimum atomic E-state index is -3.98. The molecule has 7 nitrogen and oxygen atoms in total. The highest BCUT2D eigenvalue weighted by Gasteiger charge is 2.42. The van der Waals surface area contributed by atoms with E-state index in [-0.39, 0.29) is 36.5 Å². The maximum atomic E-state index is 13.5. The summed E-state index contributed by atoms with van der Waals surface area (Å²) in [5.74, 6) is -2.68. The number of benzene rings is 2. The first-order valence-corrected chi connectivity index (χ1v) is 10.9. The minimum absolute atomic E-state index is 0.0612. The molecule has 0 unspecified atom stereocenters. The third-order valence-corrected chi connectivity index (χ3v) is 7.29. The molecular weight excluding hydrogens is 416 g/mol. The molecule has 2 aliphatic heterocycles. The number of para-hydroxylation sites is 1. The molecule has 10 heteroatoms. The lowest BCUT2D eigenvalue weighted by Gasteiger charge is -2.35. The summed E-state index contributed by atoms with van der Waals surface area (Å²) in [6, 6.07) is 10.4. The molecule has 0 bridgehead atoms. The Morgan fingerprint density at radius 3 is 2.20 bits per heavy atom. The number of hydrogen-bond acceptors (Lipinski definition) is 4. The molecule has 0 aromatic heterocycles. The number of halogens is 2. The van der Waals surface area contributed by atoms with Gasteiger partial charge in [-0.05, 0) is 43.2 Å². The highest BCUT2D eigenvalue weighted by Crippen LogP contribution is 2.28. The van der Waals surface area contributed by atoms with Gasteiger partial charge in [0.2, 0.25) is 10.0 Å². The Morgan fingerprint density at radius 2 is 1.57 bits per heavy atom. The summed E-state index contributed by atoms with van der Waals surface area (Å²) in [4.78, 5) is 27.5. The van der Waals surface area contributed by atoms with E-state index >= 15 is 0 Å². The minimum Gasteiger partial charge on any atom is -0.312 e. The van der Waals surface area contributed by atoms with Crippen LogP contribution in [0.2, 0.25) is 0 Å². The average Bonchev–Trinajstić information content (AvgIpc) is 3.04. The van der Waals surface area contributed by atoms with E-state index in [2.05, 4.69) is 0 Å². The molecule has 0 N–H and O–H groups in total. The van der Waals surface area contributed by atoms with Gasteiger partial charge in [-0.15, -0.1) is 0 Å². The zero-order chi connectivity index (χ0) is 21.5. The Hall–Kier alpha value is -2.85. The van der Waals surface area contributed by atoms with E-state index in [1.54, 1.807) is 30.3 Å². The van der Waals surface area contributed by atoms with Crippen LogP contribution in [0.3, 0.4) is 0 Å². The summed E-state index contributed by atoms with van der Waals surface area (Å²) < 4.78 is 53.2. The Morgan fingerprint density at radius 1 is 0.900 bits per heavy atom. The van der Waals surface area contributed by atoms with E-state index in [1.165, 1.54) is 9.21 Å². The summed E-state index contributed by atoms with van der Waals surface area (Å²) in [5, 5.41) is 0. The maximum absolute atomic E-state index is 13.5. The summed E-state index contributed by atoms with van der Waals surface area (Å²) >= 11 is 0. The molecule has 158 valence electrons. The van der Waals surface area contributed by atoms with Gasteiger partial charge in [-0.25, -0.2) is 26.9 Å². The first-order valence-electron chi connectivity index (χ1n) is 9.43. The average molecular weight is 435 g/mol. The number of piperidine rings is 1. The Kier molecular flexibility index (Phi) is 5.29. The zero-order valence-corrected chi connectivity index (χ0v) is 16.7. The first kappa shape index (κ1) is 20.4. The van der Waals surface area contributed by atoms with E-state index in [0.717, 1.165) is 17.0 Å². The van der Waals surface area contributed by atoms with E-state index in [4.69, 9.17) is 0 Å². The van der Waals surface area contributed by atoms with Crippen molar-refractivity contribution in [3.8, 4) is 0 Å². The number of sulfonamides is 1. The lowest BCUT2D eigenvalue weighted by atomic mass is 10.1. The fraction of sp³-hybridized carbons (Fsp3) is 0.300. The van der Waals surface area contributed by atoms with Gasteiger partial charge < -0.3 is 4.90 Å². The van der Waals surface area contributed by atoms with Crippen molar-refractivity contribution in [2.45, 2.75) is 23.8 Å². The van der Waals surface area contributed by atoms with Gasteiger partial charge in [0, 0.05) is 19.1 Å². The van der Waals surface area contributed by atoms with Crippen LogP contribution in [0.15, 0.2) is 53.4 Å². The summed E-state index contributed by atoms with van der Waals surface area (Å²) in [6.45, 7) is 0.152. The Bertz CT molecular complexity index is 1090. The van der Waals surface area contributed by atoms with Crippen molar-refractivity contribution in [3.05, 3.63) is 60.2 Å². The number of amides is 3. The van der Waals surface area contributed by atoms with Crippen molar-refractivity contribution >= 4 is 27.6 Å². The van der Waals surface area contributed by atoms with Crippen LogP contribution in [0.25, 0.3) is 0 Å². The molecule has 2 aliphatic rings. The third-order valence-electron chi connectivity index (χ3n) is 5.40. The smallest absolute Gasteiger partial charge is 0.312 e. The molecule has 2 fully saturated rings. The van der Waals surface area contributed by atoms with Crippen molar-refractivity contribution < 1.29 is 26.8 Å². The van der Waals surface area contributed by atoms with Crippen LogP contribution >= 0.6 is 0 Å². The first-order chi connectivity index (χ1) is 14.3. The molecule has 2 aromatic rings. The van der Waals surface area contributed by atoms with Crippen molar-refractivity contribution in [2.24, 2.45) is 0 Å². The van der Waals surface area contributed by atoms with Gasteiger partial charge in [-0.1, -0.05) is 18.2 Å². The van der Waals surface area contributed by atoms with Crippen molar-refractivity contribution in [3.63, 3.8) is 0 Å². The molecule has 3 amide bonds. The molecule has 30 heavy (non-hydrogen) atoms. The summed E-state index contributed by atoms with van der Waals surface area (Å²) in [5.41, 5.74) is 0.494. The van der Waals surface area contributed by atoms with Crippen LogP contribution < -0.4 is 4.90 Å². The second kappa shape index (κ2) is 7.77. The molecule has 2 heterocycles. The predicted octanol–water partition coefficient (Wildman–Crippen LogP) is 2.59. The molecular formula is C20H19F2N3O4S. The highest BCUT2D eigenvalue weighted by molar-refractivity contribution is 7.89. The normalized spacial score (nSPS) is 19.0. The van der Waals surface area contributed by atoms with Crippen LogP contribution in [-0.2, 0) is 14.8 Å². The SMILES string of the molecule is O=C1CN(C2CCN(S(=O)(=O)c3ccc(F)c(F)c3)CC2)C(=O)N1c1ccccc1. The number of urea groups is 1. The maximum Gasteiger partial charge on any atom is 0.332 e. The molecule has 0 aliphatic carbocycles. The van der Waals surface area contributed by atoms with E-state index in [9.17, 15) is 26.8 Å². The standard InChI is InChI=1S/C20H19F2N3O4S/c21-17-7-6-16(12-18(17)22)30(28,29)23-10-8-14(9-11-23)24-13-19(26)25(20(24)27)15-4-2-1-3-5-15/h1-7,12,14H,8-11,13H2. The predicted molar refractivity (Wildman–Crippen MR) is 104 cm³/mol. The molecule has 0 radical (unpaired) electrons. The number of carbonyl (C=O) groups is 2. The number of hydrogen-bond donors (Lipinski definition) is 0. The van der Waals surface area contributed by atoms with Gasteiger partial charge in [0.25, 0.3) is 5.91 Å². The van der Waals surface area contributed by atoms with Gasteiger partial charge >= 0.3 is 6.03 Å². The van der Waals surface area contributed by atoms with Crippen LogP contribution in [0.4, 0.5) is 19.3 Å². The summed E-state index contributed by atoms with van der Waals surface area (Å²) in [6.07, 6.45) is 0.676. The van der Waals surface area contributed by atoms with Crippen LogP contribution in [0.1, 0.15) is 12.8 Å². The number of nitrogens with zero attached hydrogens (tertiary/aromatic N) is 3. The van der Waals surface area contributed by atoms with Crippen molar-refractivity contribution in [1.82, 2.24) is 9.21 Å². The quantitative estimate of drug-likeness (QED) is 0.692. The zero-order valence-electron chi connectivity index (χ0n) is 15.9. The van der Waals surface area contributed by atoms with Crippen molar-refractivity contribution in [1.29, 1.82) is 0 Å². The van der Waals surface area contributed by atoms with Crippen LogP contribution in [0.5, 0.6) is 0 Å². The lowest BCUT2D eigenvalue weighted by Crippen LogP contribution is -2.48. The molecule has 0 atom stereocenters. The number of imide groups is 1. The van der Waals surface area contributed by atoms with E-state index in [0.29, 0.717) is 24.6 Å². The third kappa shape index (κ3) is 3.56.